The summed E-state index contributed by atoms with van der Waals surface area (Å²) < 4.78 is 10.8. The van der Waals surface area contributed by atoms with Crippen molar-refractivity contribution < 1.29 is 9.47 Å². The van der Waals surface area contributed by atoms with E-state index in [0.29, 0.717) is 17.1 Å². The maximum absolute atomic E-state index is 5.42. The second-order valence-electron chi connectivity index (χ2n) is 4.32. The van der Waals surface area contributed by atoms with Crippen LogP contribution in [0, 0.1) is 12.3 Å². The maximum Gasteiger partial charge on any atom is 0.178 e. The Bertz CT molecular complexity index is 785. The quantitative estimate of drug-likeness (QED) is 0.746. The van der Waals surface area contributed by atoms with Gasteiger partial charge in [0.05, 0.1) is 12.6 Å². The third-order valence-electron chi connectivity index (χ3n) is 3.01. The second-order valence-corrected chi connectivity index (χ2v) is 4.32. The molecule has 1 aromatic carbocycles. The molecule has 5 nitrogen and oxygen atoms in total. The van der Waals surface area contributed by atoms with Crippen molar-refractivity contribution in [1.82, 2.24) is 15.0 Å². The molecule has 2 heterocycles. The summed E-state index contributed by atoms with van der Waals surface area (Å²) in [4.78, 5) is 11.9. The van der Waals surface area contributed by atoms with Gasteiger partial charge in [-0.15, -0.1) is 6.42 Å². The minimum atomic E-state index is 0.199. The number of H-pyrrole nitrogens is 1. The third-order valence-corrected chi connectivity index (χ3v) is 3.01. The number of benzene rings is 1. The van der Waals surface area contributed by atoms with Crippen LogP contribution in [-0.4, -0.2) is 28.7 Å². The molecule has 0 aliphatic rings. The Kier molecular flexibility index (Phi) is 3.44. The van der Waals surface area contributed by atoms with Gasteiger partial charge in [0.1, 0.15) is 12.4 Å². The van der Waals surface area contributed by atoms with Gasteiger partial charge < -0.3 is 14.5 Å². The molecule has 5 heteroatoms. The van der Waals surface area contributed by atoms with Crippen molar-refractivity contribution in [2.24, 2.45) is 0 Å². The van der Waals surface area contributed by atoms with E-state index in [1.165, 1.54) is 0 Å². The van der Waals surface area contributed by atoms with Crippen LogP contribution in [0.1, 0.15) is 0 Å². The summed E-state index contributed by atoms with van der Waals surface area (Å²) in [6.07, 6.45) is 6.91. The van der Waals surface area contributed by atoms with Gasteiger partial charge in [-0.05, 0) is 30.3 Å². The zero-order valence-corrected chi connectivity index (χ0v) is 11.5. The Morgan fingerprint density at radius 2 is 2.19 bits per heavy atom. The summed E-state index contributed by atoms with van der Waals surface area (Å²) in [5.41, 5.74) is 2.45. The van der Waals surface area contributed by atoms with Crippen LogP contribution in [0.5, 0.6) is 11.5 Å². The van der Waals surface area contributed by atoms with Crippen LogP contribution in [0.25, 0.3) is 22.6 Å². The molecule has 104 valence electrons. The van der Waals surface area contributed by atoms with Crippen molar-refractivity contribution in [3.05, 3.63) is 36.5 Å². The molecule has 0 atom stereocenters. The highest BCUT2D eigenvalue weighted by Gasteiger charge is 2.10. The molecule has 1 N–H and O–H groups in total. The van der Waals surface area contributed by atoms with Crippen LogP contribution in [0.4, 0.5) is 0 Å². The molecule has 0 bridgehead atoms. The third kappa shape index (κ3) is 2.51. The number of hydrogen-bond acceptors (Lipinski definition) is 4. The summed E-state index contributed by atoms with van der Waals surface area (Å²) in [5, 5.41) is 0. The number of terminal acetylenes is 1. The summed E-state index contributed by atoms with van der Waals surface area (Å²) in [6.45, 7) is 0.199. The molecule has 3 rings (SSSR count). The molecule has 0 saturated carbocycles. The average Bonchev–Trinajstić information content (AvgIpc) is 2.96. The number of hydrogen-bond donors (Lipinski definition) is 1. The second kappa shape index (κ2) is 5.55. The molecule has 3 aromatic rings. The van der Waals surface area contributed by atoms with Gasteiger partial charge >= 0.3 is 0 Å². The van der Waals surface area contributed by atoms with Crippen molar-refractivity contribution >= 4 is 11.2 Å². The van der Waals surface area contributed by atoms with Crippen LogP contribution in [0.15, 0.2) is 36.5 Å². The first-order valence-corrected chi connectivity index (χ1v) is 6.37. The van der Waals surface area contributed by atoms with E-state index in [1.807, 2.05) is 30.3 Å². The molecule has 0 fully saturated rings. The smallest absolute Gasteiger partial charge is 0.178 e. The van der Waals surface area contributed by atoms with Crippen LogP contribution in [-0.2, 0) is 0 Å². The van der Waals surface area contributed by atoms with Crippen molar-refractivity contribution in [3.63, 3.8) is 0 Å². The molecule has 21 heavy (non-hydrogen) atoms. The van der Waals surface area contributed by atoms with Crippen LogP contribution in [0.3, 0.4) is 0 Å². The van der Waals surface area contributed by atoms with Crippen LogP contribution < -0.4 is 9.47 Å². The number of nitrogens with zero attached hydrogens (tertiary/aromatic N) is 2. The lowest BCUT2D eigenvalue weighted by Crippen LogP contribution is -1.97. The number of aromatic nitrogens is 3. The van der Waals surface area contributed by atoms with Gasteiger partial charge in [0.2, 0.25) is 0 Å². The standard InChI is InChI=1S/C16H13N3O2/c1-3-9-21-13-7-6-11(10-14(13)20-2)15-18-12-5-4-8-17-16(12)19-15/h1,4-8,10H,9H2,2H3,(H,17,18,19). The van der Waals surface area contributed by atoms with Gasteiger partial charge in [-0.1, -0.05) is 5.92 Å². The molecule has 0 spiro atoms. The van der Waals surface area contributed by atoms with Gasteiger partial charge in [0.15, 0.2) is 17.1 Å². The number of imidazole rings is 1. The SMILES string of the molecule is C#CCOc1ccc(-c2nc3ncccc3[nH]2)cc1OC. The minimum absolute atomic E-state index is 0.199. The molecular formula is C16H13N3O2. The van der Waals surface area contributed by atoms with E-state index in [1.54, 1.807) is 13.3 Å². The van der Waals surface area contributed by atoms with Gasteiger partial charge in [-0.25, -0.2) is 9.97 Å². The van der Waals surface area contributed by atoms with Crippen molar-refractivity contribution in [2.75, 3.05) is 13.7 Å². The molecule has 0 radical (unpaired) electrons. The lowest BCUT2D eigenvalue weighted by molar-refractivity contribution is 0.331. The maximum atomic E-state index is 5.42. The Morgan fingerprint density at radius 3 is 2.95 bits per heavy atom. The lowest BCUT2D eigenvalue weighted by atomic mass is 10.2. The Morgan fingerprint density at radius 1 is 1.29 bits per heavy atom. The van der Waals surface area contributed by atoms with E-state index in [9.17, 15) is 0 Å². The van der Waals surface area contributed by atoms with Crippen LogP contribution >= 0.6 is 0 Å². The first-order chi connectivity index (χ1) is 10.3. The number of ether oxygens (including phenoxy) is 2. The Hall–Kier alpha value is -3.00. The zero-order chi connectivity index (χ0) is 14.7. The van der Waals surface area contributed by atoms with Crippen molar-refractivity contribution in [1.29, 1.82) is 0 Å². The van der Waals surface area contributed by atoms with E-state index >= 15 is 0 Å². The van der Waals surface area contributed by atoms with E-state index in [2.05, 4.69) is 20.9 Å². The normalized spacial score (nSPS) is 10.3. The molecule has 0 amide bonds. The molecular weight excluding hydrogens is 266 g/mol. The number of nitrogens with one attached hydrogen (secondary N) is 1. The highest BCUT2D eigenvalue weighted by atomic mass is 16.5. The van der Waals surface area contributed by atoms with Gasteiger partial charge in [-0.3, -0.25) is 0 Å². The number of methoxy groups -OCH3 is 1. The number of aromatic amines is 1. The van der Waals surface area contributed by atoms with E-state index in [0.717, 1.165) is 16.9 Å². The Balaban J connectivity index is 2.00. The van der Waals surface area contributed by atoms with Crippen molar-refractivity contribution in [3.8, 4) is 35.2 Å². The fourth-order valence-corrected chi connectivity index (χ4v) is 2.04. The Labute approximate surface area is 122 Å². The summed E-state index contributed by atoms with van der Waals surface area (Å²) in [6, 6.07) is 9.35. The minimum Gasteiger partial charge on any atom is -0.493 e. The number of fused-ring (bicyclic) bond motifs is 1. The van der Waals surface area contributed by atoms with Crippen LogP contribution in [0.2, 0.25) is 0 Å². The molecule has 0 saturated heterocycles. The predicted octanol–water partition coefficient (Wildman–Crippen LogP) is 2.65. The molecule has 0 aliphatic heterocycles. The topological polar surface area (TPSA) is 60.0 Å². The van der Waals surface area contributed by atoms with Gasteiger partial charge in [0.25, 0.3) is 0 Å². The summed E-state index contributed by atoms with van der Waals surface area (Å²) in [7, 11) is 1.59. The monoisotopic (exact) mass is 279 g/mol. The summed E-state index contributed by atoms with van der Waals surface area (Å²) >= 11 is 0. The summed E-state index contributed by atoms with van der Waals surface area (Å²) in [5.74, 6) is 4.37. The molecule has 0 aliphatic carbocycles. The number of rotatable bonds is 4. The lowest BCUT2D eigenvalue weighted by Gasteiger charge is -2.09. The number of pyridine rings is 1. The fraction of sp³-hybridized carbons (Fsp3) is 0.125. The van der Waals surface area contributed by atoms with Gasteiger partial charge in [0, 0.05) is 11.8 Å². The van der Waals surface area contributed by atoms with E-state index in [-0.39, 0.29) is 6.61 Å². The predicted molar refractivity (Wildman–Crippen MR) is 80.2 cm³/mol. The first kappa shape index (κ1) is 13.0. The first-order valence-electron chi connectivity index (χ1n) is 6.37. The average molecular weight is 279 g/mol. The highest BCUT2D eigenvalue weighted by molar-refractivity contribution is 5.76. The van der Waals surface area contributed by atoms with Crippen molar-refractivity contribution in [2.45, 2.75) is 0 Å². The largest absolute Gasteiger partial charge is 0.493 e. The van der Waals surface area contributed by atoms with E-state index < -0.39 is 0 Å². The molecule has 0 unspecified atom stereocenters. The highest BCUT2D eigenvalue weighted by Crippen LogP contribution is 2.32. The molecule has 2 aromatic heterocycles. The fourth-order valence-electron chi connectivity index (χ4n) is 2.04. The zero-order valence-electron chi connectivity index (χ0n) is 11.5. The van der Waals surface area contributed by atoms with Gasteiger partial charge in [-0.2, -0.15) is 0 Å². The van der Waals surface area contributed by atoms with E-state index in [4.69, 9.17) is 15.9 Å².